The number of carboxylic acid groups (broad SMARTS) is 2. The molecule has 0 heterocycles. The first-order valence-electron chi connectivity index (χ1n) is 3.14. The minimum Gasteiger partial charge on any atom is -0.545 e. The molecule has 0 saturated carbocycles. The van der Waals surface area contributed by atoms with E-state index in [4.69, 9.17) is 0 Å². The number of hydrogen-bond donors (Lipinski definition) is 0. The summed E-state index contributed by atoms with van der Waals surface area (Å²) in [5.74, 6) is -3.04. The van der Waals surface area contributed by atoms with Gasteiger partial charge in [-0.05, 0) is 0 Å². The molecule has 0 N–H and O–H groups in total. The smallest absolute Gasteiger partial charge is 0.545 e. The zero-order valence-corrected chi connectivity index (χ0v) is 7.81. The van der Waals surface area contributed by atoms with Gasteiger partial charge in [0.05, 0.1) is 11.9 Å². The Morgan fingerprint density at radius 2 is 1.23 bits per heavy atom. The van der Waals surface area contributed by atoms with E-state index in [0.717, 1.165) is 12.1 Å². The second-order valence-electron chi connectivity index (χ2n) is 2.12. The second kappa shape index (κ2) is 4.75. The predicted molar refractivity (Wildman–Crippen MR) is 35.1 cm³/mol. The molecule has 0 amide bonds. The van der Waals surface area contributed by atoms with Crippen LogP contribution in [0.3, 0.4) is 0 Å². The molecule has 0 spiro atoms. The molecular weight excluding hydrogens is 267 g/mol. The first-order chi connectivity index (χ1) is 5.63. The van der Waals surface area contributed by atoms with Crippen LogP contribution in [0.5, 0.6) is 0 Å². The van der Waals surface area contributed by atoms with Gasteiger partial charge in [-0.1, -0.05) is 24.3 Å². The monoisotopic (exact) mass is 270 g/mol. The predicted octanol–water partition coefficient (Wildman–Crippen LogP) is -1.59. The Balaban J connectivity index is 0.00000144. The van der Waals surface area contributed by atoms with Crippen molar-refractivity contribution in [2.45, 2.75) is 0 Å². The van der Waals surface area contributed by atoms with E-state index in [0.29, 0.717) is 0 Å². The van der Waals surface area contributed by atoms with Gasteiger partial charge in [-0.2, -0.15) is 0 Å². The van der Waals surface area contributed by atoms with E-state index in [9.17, 15) is 19.8 Å². The average Bonchev–Trinajstić information content (AvgIpc) is 2.04. The molecule has 5 heteroatoms. The zero-order valence-electron chi connectivity index (χ0n) is 6.26. The van der Waals surface area contributed by atoms with Crippen LogP contribution < -0.4 is 10.2 Å². The quantitative estimate of drug-likeness (QED) is 0.607. The summed E-state index contributed by atoms with van der Waals surface area (Å²) >= 11 is 0. The van der Waals surface area contributed by atoms with Crippen LogP contribution in [-0.4, -0.2) is 11.9 Å². The van der Waals surface area contributed by atoms with Gasteiger partial charge in [-0.15, -0.1) is 0 Å². The molecule has 0 radical (unpaired) electrons. The van der Waals surface area contributed by atoms with Gasteiger partial charge in [0.1, 0.15) is 0 Å². The van der Waals surface area contributed by atoms with Crippen molar-refractivity contribution in [2.24, 2.45) is 0 Å². The molecule has 1 aromatic rings. The summed E-state index contributed by atoms with van der Waals surface area (Å²) in [7, 11) is 0. The Kier molecular flexibility index (Phi) is 4.32. The molecule has 0 aliphatic rings. The van der Waals surface area contributed by atoms with Gasteiger partial charge < -0.3 is 19.8 Å². The SMILES string of the molecule is O=C([O-])c1ccccc1C(=O)[O-].[Pd+2]. The van der Waals surface area contributed by atoms with E-state index in [2.05, 4.69) is 0 Å². The summed E-state index contributed by atoms with van der Waals surface area (Å²) < 4.78 is 0. The molecule has 0 aliphatic carbocycles. The molecule has 0 unspecified atom stereocenters. The molecule has 0 aromatic heterocycles. The summed E-state index contributed by atoms with van der Waals surface area (Å²) in [5, 5.41) is 20.6. The second-order valence-corrected chi connectivity index (χ2v) is 2.12. The fourth-order valence-corrected chi connectivity index (χ4v) is 0.839. The Hall–Kier alpha value is -1.18. The summed E-state index contributed by atoms with van der Waals surface area (Å²) in [4.78, 5) is 20.6. The van der Waals surface area contributed by atoms with Gasteiger partial charge in [0.2, 0.25) is 0 Å². The van der Waals surface area contributed by atoms with E-state index in [1.807, 2.05) is 0 Å². The van der Waals surface area contributed by atoms with E-state index in [1.165, 1.54) is 12.1 Å². The van der Waals surface area contributed by atoms with Crippen molar-refractivity contribution in [2.75, 3.05) is 0 Å². The van der Waals surface area contributed by atoms with Crippen LogP contribution in [0.1, 0.15) is 20.7 Å². The molecule has 70 valence electrons. The van der Waals surface area contributed by atoms with E-state index in [-0.39, 0.29) is 31.5 Å². The fourth-order valence-electron chi connectivity index (χ4n) is 0.839. The minimum absolute atomic E-state index is 0. The first-order valence-corrected chi connectivity index (χ1v) is 3.14. The molecular formula is C8H4O4Pd. The van der Waals surface area contributed by atoms with Crippen LogP contribution in [0.4, 0.5) is 0 Å². The number of aromatic carboxylic acids is 2. The average molecular weight is 271 g/mol. The van der Waals surface area contributed by atoms with E-state index < -0.39 is 11.9 Å². The van der Waals surface area contributed by atoms with Crippen molar-refractivity contribution < 1.29 is 40.2 Å². The number of rotatable bonds is 2. The number of benzene rings is 1. The first kappa shape index (κ1) is 11.8. The minimum atomic E-state index is -1.52. The van der Waals surface area contributed by atoms with Gasteiger partial charge >= 0.3 is 20.4 Å². The van der Waals surface area contributed by atoms with Gasteiger partial charge in [-0.25, -0.2) is 0 Å². The van der Waals surface area contributed by atoms with Gasteiger partial charge in [0.25, 0.3) is 0 Å². The van der Waals surface area contributed by atoms with Crippen molar-refractivity contribution in [3.05, 3.63) is 35.4 Å². The van der Waals surface area contributed by atoms with Gasteiger partial charge in [0, 0.05) is 11.1 Å². The largest absolute Gasteiger partial charge is 2.00 e. The molecule has 1 aromatic carbocycles. The Bertz CT molecular complexity index is 302. The Morgan fingerprint density at radius 1 is 0.923 bits per heavy atom. The maximum Gasteiger partial charge on any atom is 2.00 e. The van der Waals surface area contributed by atoms with Gasteiger partial charge in [0.15, 0.2) is 0 Å². The van der Waals surface area contributed by atoms with Crippen molar-refractivity contribution in [1.82, 2.24) is 0 Å². The Labute approximate surface area is 87.9 Å². The number of carbonyl (C=O) groups is 2. The van der Waals surface area contributed by atoms with Crippen molar-refractivity contribution in [3.8, 4) is 0 Å². The fraction of sp³-hybridized carbons (Fsp3) is 0. The molecule has 0 atom stereocenters. The third-order valence-corrected chi connectivity index (χ3v) is 1.37. The van der Waals surface area contributed by atoms with Crippen LogP contribution in [0.25, 0.3) is 0 Å². The molecule has 1 rings (SSSR count). The molecule has 0 bridgehead atoms. The third-order valence-electron chi connectivity index (χ3n) is 1.37. The maximum atomic E-state index is 10.3. The molecule has 13 heavy (non-hydrogen) atoms. The standard InChI is InChI=1S/C8H6O4.Pd/c9-7(10)5-3-1-2-4-6(5)8(11)12;/h1-4H,(H,9,10)(H,11,12);/q;+2/p-2. The topological polar surface area (TPSA) is 80.3 Å². The normalized spacial score (nSPS) is 8.62. The van der Waals surface area contributed by atoms with Crippen molar-refractivity contribution in [1.29, 1.82) is 0 Å². The van der Waals surface area contributed by atoms with Crippen molar-refractivity contribution in [3.63, 3.8) is 0 Å². The van der Waals surface area contributed by atoms with Crippen LogP contribution in [0.2, 0.25) is 0 Å². The molecule has 0 fully saturated rings. The molecule has 0 aliphatic heterocycles. The summed E-state index contributed by atoms with van der Waals surface area (Å²) in [6, 6.07) is 5.14. The number of carbonyl (C=O) groups excluding carboxylic acids is 2. The summed E-state index contributed by atoms with van der Waals surface area (Å²) in [5.41, 5.74) is -0.727. The summed E-state index contributed by atoms with van der Waals surface area (Å²) in [6.07, 6.45) is 0. The van der Waals surface area contributed by atoms with Crippen LogP contribution >= 0.6 is 0 Å². The van der Waals surface area contributed by atoms with E-state index >= 15 is 0 Å². The van der Waals surface area contributed by atoms with Crippen LogP contribution in [0.15, 0.2) is 24.3 Å². The molecule has 4 nitrogen and oxygen atoms in total. The number of hydrogen-bond acceptors (Lipinski definition) is 4. The summed E-state index contributed by atoms with van der Waals surface area (Å²) in [6.45, 7) is 0. The number of carboxylic acids is 2. The third kappa shape index (κ3) is 2.65. The van der Waals surface area contributed by atoms with Crippen LogP contribution in [-0.2, 0) is 20.4 Å². The van der Waals surface area contributed by atoms with Gasteiger partial charge in [-0.3, -0.25) is 0 Å². The maximum absolute atomic E-state index is 10.3. The zero-order chi connectivity index (χ0) is 9.14. The molecule has 0 saturated heterocycles. The van der Waals surface area contributed by atoms with Crippen LogP contribution in [0, 0.1) is 0 Å². The van der Waals surface area contributed by atoms with E-state index in [1.54, 1.807) is 0 Å². The Morgan fingerprint density at radius 3 is 1.46 bits per heavy atom. The van der Waals surface area contributed by atoms with Crippen molar-refractivity contribution >= 4 is 11.9 Å².